The molecule has 1 radical (unpaired) electrons. The third kappa shape index (κ3) is 2.33. The van der Waals surface area contributed by atoms with Gasteiger partial charge in [-0.1, -0.05) is 25.8 Å². The van der Waals surface area contributed by atoms with Crippen LogP contribution in [-0.2, 0) is 0 Å². The highest BCUT2D eigenvalue weighted by Crippen LogP contribution is 2.30. The van der Waals surface area contributed by atoms with Crippen molar-refractivity contribution in [2.24, 2.45) is 11.8 Å². The van der Waals surface area contributed by atoms with Gasteiger partial charge in [-0.3, -0.25) is 0 Å². The van der Waals surface area contributed by atoms with Crippen molar-refractivity contribution in [2.45, 2.75) is 31.8 Å². The van der Waals surface area contributed by atoms with Crippen LogP contribution in [0.4, 0.5) is 0 Å². The fourth-order valence-corrected chi connectivity index (χ4v) is 1.72. The fraction of sp³-hybridized carbons (Fsp3) is 0.700. The van der Waals surface area contributed by atoms with Crippen LogP contribution in [0.25, 0.3) is 0 Å². The molecular weight excluding hydrogens is 136 g/mol. The minimum Gasteiger partial charge on any atom is -0.389 e. The average molecular weight is 153 g/mol. The van der Waals surface area contributed by atoms with Gasteiger partial charge >= 0.3 is 0 Å². The van der Waals surface area contributed by atoms with E-state index in [2.05, 4.69) is 13.5 Å². The molecule has 1 fully saturated rings. The molecule has 1 unspecified atom stereocenters. The highest BCUT2D eigenvalue weighted by Gasteiger charge is 2.22. The Labute approximate surface area is 69.1 Å². The molecule has 0 bridgehead atoms. The predicted molar refractivity (Wildman–Crippen MR) is 47.0 cm³/mol. The number of hydrogen-bond acceptors (Lipinski definition) is 1. The fourth-order valence-electron chi connectivity index (χ4n) is 1.72. The second-order valence-corrected chi connectivity index (χ2v) is 3.51. The van der Waals surface area contributed by atoms with Gasteiger partial charge in [0.05, 0.1) is 6.10 Å². The van der Waals surface area contributed by atoms with Gasteiger partial charge in [0, 0.05) is 0 Å². The lowest BCUT2D eigenvalue weighted by molar-refractivity contribution is 0.117. The van der Waals surface area contributed by atoms with Gasteiger partial charge < -0.3 is 5.11 Å². The van der Waals surface area contributed by atoms with Crippen molar-refractivity contribution in [1.29, 1.82) is 0 Å². The molecule has 1 atom stereocenters. The van der Waals surface area contributed by atoms with E-state index in [1.54, 1.807) is 6.08 Å². The van der Waals surface area contributed by atoms with Crippen LogP contribution in [0.2, 0.25) is 0 Å². The normalized spacial score (nSPS) is 34.7. The summed E-state index contributed by atoms with van der Waals surface area (Å²) in [6.45, 7) is 7.60. The molecule has 63 valence electrons. The lowest BCUT2D eigenvalue weighted by atomic mass is 9.80. The predicted octanol–water partition coefficient (Wildman–Crippen LogP) is 2.17. The van der Waals surface area contributed by atoms with Gasteiger partial charge in [0.15, 0.2) is 0 Å². The Bertz CT molecular complexity index is 123. The minimum absolute atomic E-state index is 0.289. The van der Waals surface area contributed by atoms with Gasteiger partial charge in [0.1, 0.15) is 0 Å². The van der Waals surface area contributed by atoms with Gasteiger partial charge in [0.2, 0.25) is 0 Å². The maximum atomic E-state index is 9.43. The molecule has 1 N–H and O–H groups in total. The van der Waals surface area contributed by atoms with E-state index >= 15 is 0 Å². The lowest BCUT2D eigenvalue weighted by Gasteiger charge is -2.28. The van der Waals surface area contributed by atoms with Crippen molar-refractivity contribution in [3.63, 3.8) is 0 Å². The molecule has 1 nitrogen and oxygen atoms in total. The quantitative estimate of drug-likeness (QED) is 0.603. The van der Waals surface area contributed by atoms with E-state index in [-0.39, 0.29) is 6.10 Å². The number of hydrogen-bond donors (Lipinski definition) is 1. The molecule has 11 heavy (non-hydrogen) atoms. The summed E-state index contributed by atoms with van der Waals surface area (Å²) in [6, 6.07) is 0. The second-order valence-electron chi connectivity index (χ2n) is 3.51. The van der Waals surface area contributed by atoms with Gasteiger partial charge in [-0.25, -0.2) is 0 Å². The van der Waals surface area contributed by atoms with E-state index in [4.69, 9.17) is 0 Å². The lowest BCUT2D eigenvalue weighted by Crippen LogP contribution is -2.23. The molecule has 0 aromatic rings. The zero-order valence-electron chi connectivity index (χ0n) is 7.00. The maximum Gasteiger partial charge on any atom is 0.0746 e. The molecule has 1 saturated carbocycles. The second kappa shape index (κ2) is 3.91. The minimum atomic E-state index is -0.289. The smallest absolute Gasteiger partial charge is 0.0746 e. The third-order valence-corrected chi connectivity index (χ3v) is 2.62. The van der Waals surface area contributed by atoms with Crippen LogP contribution in [0, 0.1) is 18.8 Å². The number of aliphatic hydroxyl groups excluding tert-OH is 1. The van der Waals surface area contributed by atoms with Crippen LogP contribution in [0.5, 0.6) is 0 Å². The summed E-state index contributed by atoms with van der Waals surface area (Å²) in [5, 5.41) is 9.43. The summed E-state index contributed by atoms with van der Waals surface area (Å²) >= 11 is 0. The molecule has 1 aliphatic carbocycles. The van der Waals surface area contributed by atoms with Crippen LogP contribution in [0.15, 0.2) is 12.7 Å². The van der Waals surface area contributed by atoms with Crippen LogP contribution in [-0.4, -0.2) is 11.2 Å². The SMILES string of the molecule is [CH2]C1CCC(C(O)C=C)CC1. The molecular formula is C10H17O. The molecule has 0 aromatic carbocycles. The van der Waals surface area contributed by atoms with Gasteiger partial charge in [0.25, 0.3) is 0 Å². The first-order valence-corrected chi connectivity index (χ1v) is 4.37. The summed E-state index contributed by atoms with van der Waals surface area (Å²) in [7, 11) is 0. The number of aliphatic hydroxyl groups is 1. The van der Waals surface area contributed by atoms with Crippen molar-refractivity contribution >= 4 is 0 Å². The summed E-state index contributed by atoms with van der Waals surface area (Å²) in [6.07, 6.45) is 5.91. The first-order chi connectivity index (χ1) is 5.24. The van der Waals surface area contributed by atoms with Gasteiger partial charge in [-0.05, 0) is 24.7 Å². The molecule has 0 aliphatic heterocycles. The Morgan fingerprint density at radius 2 is 1.82 bits per heavy atom. The van der Waals surface area contributed by atoms with Crippen LogP contribution >= 0.6 is 0 Å². The topological polar surface area (TPSA) is 20.2 Å². The molecule has 0 aromatic heterocycles. The summed E-state index contributed by atoms with van der Waals surface area (Å²) in [5.41, 5.74) is 0. The van der Waals surface area contributed by atoms with Crippen molar-refractivity contribution in [2.75, 3.05) is 0 Å². The zero-order valence-corrected chi connectivity index (χ0v) is 7.00. The van der Waals surface area contributed by atoms with Crippen LogP contribution in [0.1, 0.15) is 25.7 Å². The maximum absolute atomic E-state index is 9.43. The first kappa shape index (κ1) is 8.79. The van der Waals surface area contributed by atoms with Crippen molar-refractivity contribution in [3.8, 4) is 0 Å². The highest BCUT2D eigenvalue weighted by molar-refractivity contribution is 4.87. The van der Waals surface area contributed by atoms with Crippen LogP contribution < -0.4 is 0 Å². The molecule has 0 amide bonds. The molecule has 0 spiro atoms. The van der Waals surface area contributed by atoms with Crippen molar-refractivity contribution in [3.05, 3.63) is 19.6 Å². The largest absolute Gasteiger partial charge is 0.389 e. The first-order valence-electron chi connectivity index (χ1n) is 4.37. The Kier molecular flexibility index (Phi) is 3.13. The Balaban J connectivity index is 2.32. The Morgan fingerprint density at radius 3 is 2.27 bits per heavy atom. The van der Waals surface area contributed by atoms with Gasteiger partial charge in [-0.15, -0.1) is 6.58 Å². The van der Waals surface area contributed by atoms with E-state index in [0.717, 1.165) is 25.7 Å². The Hall–Kier alpha value is -0.300. The average Bonchev–Trinajstić information content (AvgIpc) is 2.05. The Morgan fingerprint density at radius 1 is 1.27 bits per heavy atom. The van der Waals surface area contributed by atoms with E-state index in [1.807, 2.05) is 0 Å². The summed E-state index contributed by atoms with van der Waals surface area (Å²) in [5.74, 6) is 1.06. The zero-order chi connectivity index (χ0) is 8.27. The molecule has 0 heterocycles. The standard InChI is InChI=1S/C10H17O/c1-3-10(11)9-6-4-8(2)5-7-9/h3,8-11H,1-2,4-7H2. The van der Waals surface area contributed by atoms with E-state index < -0.39 is 0 Å². The third-order valence-electron chi connectivity index (χ3n) is 2.62. The van der Waals surface area contributed by atoms with Crippen molar-refractivity contribution < 1.29 is 5.11 Å². The van der Waals surface area contributed by atoms with Crippen molar-refractivity contribution in [1.82, 2.24) is 0 Å². The monoisotopic (exact) mass is 153 g/mol. The van der Waals surface area contributed by atoms with E-state index in [0.29, 0.717) is 11.8 Å². The number of rotatable bonds is 2. The van der Waals surface area contributed by atoms with E-state index in [1.165, 1.54) is 0 Å². The molecule has 0 saturated heterocycles. The summed E-state index contributed by atoms with van der Waals surface area (Å²) in [4.78, 5) is 0. The molecule has 1 heteroatoms. The van der Waals surface area contributed by atoms with Gasteiger partial charge in [-0.2, -0.15) is 0 Å². The molecule has 1 rings (SSSR count). The summed E-state index contributed by atoms with van der Waals surface area (Å²) < 4.78 is 0. The highest BCUT2D eigenvalue weighted by atomic mass is 16.3. The molecule has 1 aliphatic rings. The van der Waals surface area contributed by atoms with Crippen LogP contribution in [0.3, 0.4) is 0 Å². The van der Waals surface area contributed by atoms with E-state index in [9.17, 15) is 5.11 Å².